The fourth-order valence-corrected chi connectivity index (χ4v) is 4.49. The maximum atomic E-state index is 13.9. The molecule has 0 radical (unpaired) electrons. The zero-order valence-electron chi connectivity index (χ0n) is 13.9. The molecule has 1 N–H and O–H groups in total. The minimum Gasteiger partial charge on any atom is -0.385 e. The summed E-state index contributed by atoms with van der Waals surface area (Å²) in [6.45, 7) is 1.02. The summed E-state index contributed by atoms with van der Waals surface area (Å²) < 4.78 is 13.9. The van der Waals surface area contributed by atoms with Crippen LogP contribution >= 0.6 is 0 Å². The van der Waals surface area contributed by atoms with Gasteiger partial charge in [0, 0.05) is 25.2 Å². The monoisotopic (exact) mass is 340 g/mol. The van der Waals surface area contributed by atoms with Crippen molar-refractivity contribution < 1.29 is 14.3 Å². The summed E-state index contributed by atoms with van der Waals surface area (Å²) in [5.74, 6) is -0.685. The van der Waals surface area contributed by atoms with E-state index in [1.54, 1.807) is 4.90 Å². The first-order valence-corrected chi connectivity index (χ1v) is 8.76. The molecular weight excluding hydrogens is 319 g/mol. The number of carbonyl (C=O) groups is 1. The van der Waals surface area contributed by atoms with E-state index in [9.17, 15) is 14.3 Å². The van der Waals surface area contributed by atoms with E-state index >= 15 is 0 Å². The van der Waals surface area contributed by atoms with Gasteiger partial charge in [0.15, 0.2) is 5.82 Å². The van der Waals surface area contributed by atoms with Gasteiger partial charge in [0.05, 0.1) is 17.4 Å². The molecule has 1 saturated heterocycles. The van der Waals surface area contributed by atoms with Gasteiger partial charge in [-0.1, -0.05) is 30.3 Å². The van der Waals surface area contributed by atoms with Crippen LogP contribution in [0.3, 0.4) is 0 Å². The van der Waals surface area contributed by atoms with Crippen molar-refractivity contribution in [1.29, 1.82) is 0 Å². The molecule has 2 fully saturated rings. The number of benzene rings is 1. The van der Waals surface area contributed by atoms with Gasteiger partial charge in [0.1, 0.15) is 0 Å². The lowest BCUT2D eigenvalue weighted by molar-refractivity contribution is -0.0644. The molecule has 3 atom stereocenters. The van der Waals surface area contributed by atoms with Crippen LogP contribution in [0, 0.1) is 17.7 Å². The maximum Gasteiger partial charge on any atom is 0.256 e. The molecule has 1 aromatic heterocycles. The summed E-state index contributed by atoms with van der Waals surface area (Å²) in [7, 11) is 0. The number of rotatable bonds is 2. The average Bonchev–Trinajstić information content (AvgIpc) is 3.08. The van der Waals surface area contributed by atoms with Crippen molar-refractivity contribution in [2.75, 3.05) is 13.1 Å². The largest absolute Gasteiger partial charge is 0.385 e. The molecule has 130 valence electrons. The van der Waals surface area contributed by atoms with Gasteiger partial charge >= 0.3 is 0 Å². The summed E-state index contributed by atoms with van der Waals surface area (Å²) in [5, 5.41) is 11.4. The first-order valence-electron chi connectivity index (χ1n) is 8.76. The van der Waals surface area contributed by atoms with E-state index in [2.05, 4.69) is 4.98 Å². The first-order chi connectivity index (χ1) is 12.1. The Morgan fingerprint density at radius 3 is 2.80 bits per heavy atom. The van der Waals surface area contributed by atoms with Gasteiger partial charge in [-0.15, -0.1) is 0 Å². The van der Waals surface area contributed by atoms with Crippen molar-refractivity contribution in [1.82, 2.24) is 9.88 Å². The smallest absolute Gasteiger partial charge is 0.256 e. The number of aromatic nitrogens is 1. The summed E-state index contributed by atoms with van der Waals surface area (Å²) in [5.41, 5.74) is 0.0432. The van der Waals surface area contributed by atoms with Crippen LogP contribution in [0.15, 0.2) is 48.8 Å². The predicted octanol–water partition coefficient (Wildman–Crippen LogP) is 2.98. The molecule has 1 amide bonds. The van der Waals surface area contributed by atoms with Crippen LogP contribution in [0.4, 0.5) is 4.39 Å². The number of likely N-dealkylation sites (tertiary alicyclic amines) is 1. The van der Waals surface area contributed by atoms with Crippen LogP contribution in [0.1, 0.15) is 35.2 Å². The highest BCUT2D eigenvalue weighted by Crippen LogP contribution is 2.48. The third-order valence-electron chi connectivity index (χ3n) is 5.75. The van der Waals surface area contributed by atoms with E-state index in [1.807, 2.05) is 30.3 Å². The molecule has 4 nitrogen and oxygen atoms in total. The molecule has 25 heavy (non-hydrogen) atoms. The number of amides is 1. The van der Waals surface area contributed by atoms with Crippen molar-refractivity contribution >= 4 is 5.91 Å². The molecule has 0 spiro atoms. The molecule has 1 aromatic carbocycles. The summed E-state index contributed by atoms with van der Waals surface area (Å²) in [6.07, 6.45) is 5.11. The summed E-state index contributed by atoms with van der Waals surface area (Å²) in [4.78, 5) is 18.1. The molecule has 1 saturated carbocycles. The van der Waals surface area contributed by atoms with Crippen LogP contribution in [0.25, 0.3) is 0 Å². The van der Waals surface area contributed by atoms with Gasteiger partial charge in [-0.25, -0.2) is 4.39 Å². The lowest BCUT2D eigenvalue weighted by atomic mass is 9.67. The Morgan fingerprint density at radius 1 is 1.24 bits per heavy atom. The highest BCUT2D eigenvalue weighted by molar-refractivity contribution is 5.94. The Kier molecular flexibility index (Phi) is 4.04. The van der Waals surface area contributed by atoms with Crippen molar-refractivity contribution in [2.45, 2.75) is 24.9 Å². The Balaban J connectivity index is 1.61. The first kappa shape index (κ1) is 16.2. The number of hydrogen-bond donors (Lipinski definition) is 1. The second-order valence-corrected chi connectivity index (χ2v) is 7.11. The molecule has 2 aromatic rings. The Hall–Kier alpha value is -2.27. The van der Waals surface area contributed by atoms with Crippen LogP contribution in [0.2, 0.25) is 0 Å². The number of pyridine rings is 1. The number of carbonyl (C=O) groups excluding carboxylic acids is 1. The molecule has 0 bridgehead atoms. The van der Waals surface area contributed by atoms with Crippen molar-refractivity contribution in [3.8, 4) is 0 Å². The molecule has 1 aliphatic heterocycles. The minimum atomic E-state index is -0.921. The molecule has 2 aliphatic rings. The van der Waals surface area contributed by atoms with E-state index in [4.69, 9.17) is 0 Å². The van der Waals surface area contributed by atoms with Crippen molar-refractivity contribution in [3.05, 3.63) is 65.7 Å². The molecule has 0 unspecified atom stereocenters. The molecule has 1 aliphatic carbocycles. The summed E-state index contributed by atoms with van der Waals surface area (Å²) in [6, 6.07) is 11.1. The number of fused-ring (bicyclic) bond motifs is 1. The Labute approximate surface area is 146 Å². The third kappa shape index (κ3) is 2.72. The van der Waals surface area contributed by atoms with Crippen molar-refractivity contribution in [2.24, 2.45) is 11.8 Å². The fraction of sp³-hybridized carbons (Fsp3) is 0.400. The number of hydrogen-bond acceptors (Lipinski definition) is 3. The zero-order chi connectivity index (χ0) is 17.4. The molecule has 5 heteroatoms. The van der Waals surface area contributed by atoms with Crippen LogP contribution in [-0.4, -0.2) is 34.0 Å². The van der Waals surface area contributed by atoms with E-state index in [1.165, 1.54) is 12.3 Å². The van der Waals surface area contributed by atoms with Crippen molar-refractivity contribution in [3.63, 3.8) is 0 Å². The highest BCUT2D eigenvalue weighted by atomic mass is 19.1. The highest BCUT2D eigenvalue weighted by Gasteiger charge is 2.50. The number of nitrogens with zero attached hydrogens (tertiary/aromatic N) is 2. The Bertz CT molecular complexity index is 782. The van der Waals surface area contributed by atoms with Gasteiger partial charge in [0.2, 0.25) is 0 Å². The van der Waals surface area contributed by atoms with E-state index < -0.39 is 11.4 Å². The van der Waals surface area contributed by atoms with Crippen LogP contribution in [0.5, 0.6) is 0 Å². The Morgan fingerprint density at radius 2 is 2.04 bits per heavy atom. The lowest BCUT2D eigenvalue weighted by Crippen LogP contribution is -2.43. The van der Waals surface area contributed by atoms with Gasteiger partial charge in [0.25, 0.3) is 5.91 Å². The zero-order valence-corrected chi connectivity index (χ0v) is 13.9. The average molecular weight is 340 g/mol. The van der Waals surface area contributed by atoms with E-state index in [0.29, 0.717) is 19.5 Å². The summed E-state index contributed by atoms with van der Waals surface area (Å²) >= 11 is 0. The van der Waals surface area contributed by atoms with Gasteiger partial charge < -0.3 is 10.0 Å². The number of aliphatic hydroxyl groups is 1. The van der Waals surface area contributed by atoms with E-state index in [-0.39, 0.29) is 23.3 Å². The van der Waals surface area contributed by atoms with Gasteiger partial charge in [-0.05, 0) is 36.8 Å². The second-order valence-electron chi connectivity index (χ2n) is 7.11. The third-order valence-corrected chi connectivity index (χ3v) is 5.75. The fourth-order valence-electron chi connectivity index (χ4n) is 4.49. The van der Waals surface area contributed by atoms with Crippen LogP contribution < -0.4 is 0 Å². The maximum absolute atomic E-state index is 13.9. The lowest BCUT2D eigenvalue weighted by Gasteiger charge is -2.41. The normalized spacial score (nSPS) is 28.6. The van der Waals surface area contributed by atoms with Gasteiger partial charge in [-0.3, -0.25) is 9.78 Å². The predicted molar refractivity (Wildman–Crippen MR) is 91.3 cm³/mol. The quantitative estimate of drug-likeness (QED) is 0.914. The second kappa shape index (κ2) is 6.23. The minimum absolute atomic E-state index is 0.0162. The molecule has 2 heterocycles. The molecular formula is C20H21FN2O2. The van der Waals surface area contributed by atoms with E-state index in [0.717, 1.165) is 24.6 Å². The number of halogens is 1. The van der Waals surface area contributed by atoms with Crippen LogP contribution in [-0.2, 0) is 5.60 Å². The SMILES string of the molecule is O=C(c1ccncc1F)N1C[C@@H]2CCC[C@@](O)(c3ccccc3)[C@@H]2C1. The standard InChI is InChI=1S/C20H21FN2O2/c21-18-11-22-10-8-16(18)19(24)23-12-14-5-4-9-20(25,17(14)13-23)15-6-2-1-3-7-15/h1-3,6-8,10-11,14,17,25H,4-5,9,12-13H2/t14-,17+,20+/m0/s1. The molecule has 4 rings (SSSR count). The van der Waals surface area contributed by atoms with Gasteiger partial charge in [-0.2, -0.15) is 0 Å². The topological polar surface area (TPSA) is 53.4 Å².